The van der Waals surface area contributed by atoms with Crippen LogP contribution in [0, 0.1) is 5.92 Å². The molecule has 9 heteroatoms. The summed E-state index contributed by atoms with van der Waals surface area (Å²) in [6.07, 6.45) is 6.49. The second-order valence-corrected chi connectivity index (χ2v) is 12.3. The van der Waals surface area contributed by atoms with Gasteiger partial charge in [0, 0.05) is 44.8 Å². The molecule has 208 valence electrons. The Morgan fingerprint density at radius 3 is 2.44 bits per heavy atom. The van der Waals surface area contributed by atoms with E-state index in [1.165, 1.54) is 5.56 Å². The van der Waals surface area contributed by atoms with Crippen LogP contribution in [0.1, 0.15) is 57.6 Å². The van der Waals surface area contributed by atoms with Gasteiger partial charge < -0.3 is 15.1 Å². The third kappa shape index (κ3) is 6.23. The monoisotopic (exact) mass is 551 g/mol. The summed E-state index contributed by atoms with van der Waals surface area (Å²) < 4.78 is 0. The Hall–Kier alpha value is -3.10. The number of anilines is 1. The van der Waals surface area contributed by atoms with Crippen LogP contribution < -0.4 is 15.7 Å². The van der Waals surface area contributed by atoms with Gasteiger partial charge in [0.05, 0.1) is 5.02 Å². The first-order valence-electron chi connectivity index (χ1n) is 13.8. The zero-order chi connectivity index (χ0) is 27.6. The number of carbonyl (C=O) groups excluding carboxylic acids is 2. The highest BCUT2D eigenvalue weighted by molar-refractivity contribution is 6.32. The van der Waals surface area contributed by atoms with Crippen molar-refractivity contribution >= 4 is 29.2 Å². The Bertz CT molecular complexity index is 1220. The first-order chi connectivity index (χ1) is 18.6. The summed E-state index contributed by atoms with van der Waals surface area (Å²) in [6.45, 7) is 9.61. The van der Waals surface area contributed by atoms with Crippen LogP contribution in [-0.2, 0) is 26.4 Å². The van der Waals surface area contributed by atoms with Crippen molar-refractivity contribution in [2.45, 2.75) is 64.0 Å². The average Bonchev–Trinajstić information content (AvgIpc) is 3.35. The van der Waals surface area contributed by atoms with Crippen molar-refractivity contribution < 1.29 is 14.4 Å². The Balaban J connectivity index is 1.09. The molecule has 1 aromatic carbocycles. The number of hydroxylamine groups is 1. The second kappa shape index (κ2) is 11.2. The molecule has 8 nitrogen and oxygen atoms in total. The highest BCUT2D eigenvalue weighted by Gasteiger charge is 2.42. The molecule has 2 aromatic rings. The molecule has 1 saturated carbocycles. The summed E-state index contributed by atoms with van der Waals surface area (Å²) in [6, 6.07) is 12.1. The molecular weight excluding hydrogens is 514 g/mol. The molecule has 1 aromatic heterocycles. The van der Waals surface area contributed by atoms with Crippen molar-refractivity contribution in [1.29, 1.82) is 0 Å². The lowest BCUT2D eigenvalue weighted by Gasteiger charge is -2.35. The van der Waals surface area contributed by atoms with E-state index in [1.807, 2.05) is 23.1 Å². The van der Waals surface area contributed by atoms with Gasteiger partial charge in [0.2, 0.25) is 5.91 Å². The first kappa shape index (κ1) is 27.5. The molecule has 0 unspecified atom stereocenters. The summed E-state index contributed by atoms with van der Waals surface area (Å²) in [5.74, 6) is 0.733. The number of amides is 2. The van der Waals surface area contributed by atoms with Crippen molar-refractivity contribution in [1.82, 2.24) is 20.7 Å². The molecule has 2 fully saturated rings. The molecule has 0 radical (unpaired) electrons. The molecule has 5 rings (SSSR count). The summed E-state index contributed by atoms with van der Waals surface area (Å²) >= 11 is 6.29. The highest BCUT2D eigenvalue weighted by atomic mass is 35.5. The summed E-state index contributed by atoms with van der Waals surface area (Å²) in [5, 5.41) is 3.72. The number of nitrogens with one attached hydrogen (secondary N) is 2. The van der Waals surface area contributed by atoms with Crippen LogP contribution in [0.4, 0.5) is 5.82 Å². The van der Waals surface area contributed by atoms with Crippen LogP contribution in [0.5, 0.6) is 0 Å². The van der Waals surface area contributed by atoms with Crippen molar-refractivity contribution in [2.75, 3.05) is 31.1 Å². The fourth-order valence-corrected chi connectivity index (χ4v) is 5.80. The molecule has 2 N–H and O–H groups in total. The van der Waals surface area contributed by atoms with Gasteiger partial charge in [0.15, 0.2) is 0 Å². The Morgan fingerprint density at radius 1 is 1.10 bits per heavy atom. The minimum absolute atomic E-state index is 0.0484. The molecule has 1 aliphatic carbocycles. The predicted molar refractivity (Wildman–Crippen MR) is 152 cm³/mol. The molecule has 1 spiro atoms. The van der Waals surface area contributed by atoms with E-state index < -0.39 is 5.60 Å². The van der Waals surface area contributed by atoms with Crippen LogP contribution in [0.25, 0.3) is 0 Å². The lowest BCUT2D eigenvalue weighted by Crippen LogP contribution is -2.50. The van der Waals surface area contributed by atoms with Crippen molar-refractivity contribution in [3.63, 3.8) is 0 Å². The van der Waals surface area contributed by atoms with Crippen molar-refractivity contribution in [3.8, 4) is 0 Å². The molecule has 39 heavy (non-hydrogen) atoms. The molecule has 1 saturated heterocycles. The van der Waals surface area contributed by atoms with Gasteiger partial charge in [-0.25, -0.2) is 4.98 Å². The minimum Gasteiger partial charge on any atom is -0.352 e. The normalized spacial score (nSPS) is 23.4. The Kier molecular flexibility index (Phi) is 7.87. The van der Waals surface area contributed by atoms with E-state index >= 15 is 0 Å². The third-order valence-corrected chi connectivity index (χ3v) is 8.39. The molecule has 0 bridgehead atoms. The smallest absolute Gasteiger partial charge is 0.272 e. The van der Waals surface area contributed by atoms with Gasteiger partial charge >= 0.3 is 0 Å². The van der Waals surface area contributed by atoms with Crippen LogP contribution in [0.2, 0.25) is 5.02 Å². The van der Waals surface area contributed by atoms with Crippen LogP contribution in [-0.4, -0.2) is 53.5 Å². The maximum Gasteiger partial charge on any atom is 0.272 e. The quantitative estimate of drug-likeness (QED) is 0.575. The van der Waals surface area contributed by atoms with Gasteiger partial charge in [-0.3, -0.25) is 19.9 Å². The van der Waals surface area contributed by atoms with E-state index in [0.29, 0.717) is 56.3 Å². The maximum absolute atomic E-state index is 13.2. The van der Waals surface area contributed by atoms with E-state index in [-0.39, 0.29) is 23.1 Å². The molecule has 3 heterocycles. The zero-order valence-corrected chi connectivity index (χ0v) is 23.8. The maximum atomic E-state index is 13.2. The molecule has 0 atom stereocenters. The number of aromatic nitrogens is 1. The lowest BCUT2D eigenvalue weighted by atomic mass is 9.78. The number of carbonyl (C=O) groups is 2. The number of hydrogen-bond donors (Lipinski definition) is 2. The van der Waals surface area contributed by atoms with Crippen LogP contribution in [0.3, 0.4) is 0 Å². The average molecular weight is 552 g/mol. The predicted octanol–water partition coefficient (Wildman–Crippen LogP) is 4.35. The van der Waals surface area contributed by atoms with Gasteiger partial charge in [-0.1, -0.05) is 56.6 Å². The number of nitrogens with zero attached hydrogens (tertiary/aromatic N) is 3. The zero-order valence-electron chi connectivity index (χ0n) is 23.0. The first-order valence-corrected chi connectivity index (χ1v) is 14.2. The topological polar surface area (TPSA) is 86.8 Å². The Morgan fingerprint density at radius 2 is 1.79 bits per heavy atom. The molecule has 2 amide bonds. The summed E-state index contributed by atoms with van der Waals surface area (Å²) in [5.41, 5.74) is 5.34. The number of pyridine rings is 1. The van der Waals surface area contributed by atoms with Gasteiger partial charge in [0.25, 0.3) is 5.91 Å². The number of piperazine rings is 1. The minimum atomic E-state index is -0.534. The highest BCUT2D eigenvalue weighted by Crippen LogP contribution is 2.39. The standard InChI is InChI=1S/C30H38ClN5O3/c1-29(2,3)23-8-6-21(7-9-23)20-33-27(37)22-10-12-30(13-11-22)19-25(34-39-30)28(38)36-17-15-35(16-18-36)26-24(31)5-4-14-32-26/h4-9,14,19,22,34H,10-13,15-18,20H2,1-3H3,(H,33,37). The lowest BCUT2D eigenvalue weighted by molar-refractivity contribution is -0.131. The van der Waals surface area contributed by atoms with Gasteiger partial charge in [-0.15, -0.1) is 0 Å². The van der Waals surface area contributed by atoms with Gasteiger partial charge in [-0.05, 0) is 60.4 Å². The third-order valence-electron chi connectivity index (χ3n) is 8.10. The largest absolute Gasteiger partial charge is 0.352 e. The van der Waals surface area contributed by atoms with Gasteiger partial charge in [-0.2, -0.15) is 0 Å². The van der Waals surface area contributed by atoms with Crippen molar-refractivity contribution in [3.05, 3.63) is 70.5 Å². The van der Waals surface area contributed by atoms with E-state index in [2.05, 4.69) is 65.7 Å². The number of hydrogen-bond acceptors (Lipinski definition) is 6. The summed E-state index contributed by atoms with van der Waals surface area (Å²) in [4.78, 5) is 40.3. The second-order valence-electron chi connectivity index (χ2n) is 11.9. The fraction of sp³-hybridized carbons (Fsp3) is 0.500. The van der Waals surface area contributed by atoms with Crippen LogP contribution >= 0.6 is 11.6 Å². The SMILES string of the molecule is CC(C)(C)c1ccc(CNC(=O)C2CCC3(C=C(C(=O)N4CCN(c5ncccc5Cl)CC4)NO3)CC2)cc1. The number of benzene rings is 1. The van der Waals surface area contributed by atoms with E-state index in [9.17, 15) is 9.59 Å². The van der Waals surface area contributed by atoms with E-state index in [4.69, 9.17) is 16.4 Å². The Labute approximate surface area is 235 Å². The molecular formula is C30H38ClN5O3. The van der Waals surface area contributed by atoms with Crippen molar-refractivity contribution in [2.24, 2.45) is 5.92 Å². The fourth-order valence-electron chi connectivity index (χ4n) is 5.56. The number of rotatable bonds is 5. The van der Waals surface area contributed by atoms with E-state index in [1.54, 1.807) is 6.20 Å². The van der Waals surface area contributed by atoms with Gasteiger partial charge in [0.1, 0.15) is 17.1 Å². The van der Waals surface area contributed by atoms with E-state index in [0.717, 1.165) is 24.2 Å². The molecule has 2 aliphatic heterocycles. The summed E-state index contributed by atoms with van der Waals surface area (Å²) in [7, 11) is 0. The molecule has 3 aliphatic rings. The number of halogens is 1. The van der Waals surface area contributed by atoms with Crippen LogP contribution in [0.15, 0.2) is 54.4 Å².